The van der Waals surface area contributed by atoms with Crippen molar-refractivity contribution in [3.8, 4) is 22.3 Å². The van der Waals surface area contributed by atoms with Crippen LogP contribution in [0.25, 0.3) is 131 Å². The largest absolute Gasteiger partial charge is 0.456 e. The summed E-state index contributed by atoms with van der Waals surface area (Å²) in [6.45, 7) is 0. The lowest BCUT2D eigenvalue weighted by Crippen LogP contribution is -2.15. The van der Waals surface area contributed by atoms with Crippen molar-refractivity contribution >= 4 is 166 Å². The van der Waals surface area contributed by atoms with Gasteiger partial charge in [0.25, 0.3) is 0 Å². The zero-order valence-electron chi connectivity index (χ0n) is 44.7. The first-order valence-electron chi connectivity index (χ1n) is 28.2. The maximum Gasteiger partial charge on any atom is 0.137 e. The molecule has 6 heterocycles. The molecule has 19 rings (SSSR count). The van der Waals surface area contributed by atoms with Gasteiger partial charge in [-0.15, -0.1) is 0 Å². The lowest BCUT2D eigenvalue weighted by atomic mass is 9.86. The SMILES string of the molecule is c1cncc(-c2c3ccc(N4c5ccccc5Sc5cc6c(cc54)oc4cc5cc7ccccc7cc5cc46)cc3c(-c3cccnc3)c3ccc(N4c5ccccc5Sc5cc6c(cc54)oc4cc5cc7ccccc7cc5cc46)cc23)c1. The third kappa shape index (κ3) is 6.89. The average Bonchev–Trinajstić information content (AvgIpc) is 1.78. The van der Waals surface area contributed by atoms with Crippen LogP contribution in [0.5, 0.6) is 0 Å². The Balaban J connectivity index is 0.817. The Kier molecular flexibility index (Phi) is 9.67. The van der Waals surface area contributed by atoms with Gasteiger partial charge in [-0.3, -0.25) is 9.97 Å². The van der Waals surface area contributed by atoms with Crippen LogP contribution in [0.1, 0.15) is 0 Å². The molecule has 0 N–H and O–H groups in total. The summed E-state index contributed by atoms with van der Waals surface area (Å²) in [6.07, 6.45) is 7.72. The van der Waals surface area contributed by atoms with Crippen LogP contribution < -0.4 is 9.80 Å². The number of hydrogen-bond donors (Lipinski definition) is 0. The summed E-state index contributed by atoms with van der Waals surface area (Å²) in [6, 6.07) is 84.4. The Labute approximate surface area is 488 Å². The summed E-state index contributed by atoms with van der Waals surface area (Å²) in [4.78, 5) is 19.1. The molecule has 0 saturated heterocycles. The molecule has 4 aromatic heterocycles. The van der Waals surface area contributed by atoms with Crippen molar-refractivity contribution in [1.29, 1.82) is 0 Å². The first-order valence-corrected chi connectivity index (χ1v) is 29.8. The van der Waals surface area contributed by atoms with Crippen molar-refractivity contribution in [3.63, 3.8) is 0 Å². The molecule has 6 nitrogen and oxygen atoms in total. The van der Waals surface area contributed by atoms with Crippen molar-refractivity contribution in [1.82, 2.24) is 9.97 Å². The molecular formula is C76H42N4O2S2. The molecule has 84 heavy (non-hydrogen) atoms. The molecule has 8 heteroatoms. The number of furan rings is 2. The first-order chi connectivity index (χ1) is 41.6. The summed E-state index contributed by atoms with van der Waals surface area (Å²) in [7, 11) is 0. The van der Waals surface area contributed by atoms with Crippen LogP contribution in [0, 0.1) is 0 Å². The molecule has 0 saturated carbocycles. The van der Waals surface area contributed by atoms with Gasteiger partial charge in [0, 0.05) is 101 Å². The number of para-hydroxylation sites is 2. The van der Waals surface area contributed by atoms with Crippen LogP contribution in [0.4, 0.5) is 34.1 Å². The van der Waals surface area contributed by atoms with Crippen LogP contribution in [0.3, 0.4) is 0 Å². The number of nitrogens with zero attached hydrogens (tertiary/aromatic N) is 4. The minimum Gasteiger partial charge on any atom is -0.456 e. The summed E-state index contributed by atoms with van der Waals surface area (Å²) in [5.41, 5.74) is 14.2. The molecule has 0 spiro atoms. The van der Waals surface area contributed by atoms with E-state index in [1.54, 1.807) is 0 Å². The highest BCUT2D eigenvalue weighted by Gasteiger charge is 2.31. The van der Waals surface area contributed by atoms with E-state index in [-0.39, 0.29) is 0 Å². The molecule has 17 aromatic rings. The quantitative estimate of drug-likeness (QED) is 0.162. The number of rotatable bonds is 4. The number of anilines is 6. The Morgan fingerprint density at radius 1 is 0.274 bits per heavy atom. The molecule has 2 aliphatic heterocycles. The molecule has 0 atom stereocenters. The van der Waals surface area contributed by atoms with Gasteiger partial charge in [-0.25, -0.2) is 0 Å². The van der Waals surface area contributed by atoms with Crippen molar-refractivity contribution in [2.45, 2.75) is 19.6 Å². The maximum atomic E-state index is 6.86. The minimum absolute atomic E-state index is 0.855. The summed E-state index contributed by atoms with van der Waals surface area (Å²) in [5, 5.41) is 18.5. The van der Waals surface area contributed by atoms with Crippen LogP contribution >= 0.6 is 23.5 Å². The van der Waals surface area contributed by atoms with Crippen molar-refractivity contribution in [2.24, 2.45) is 0 Å². The van der Waals surface area contributed by atoms with Gasteiger partial charge in [-0.1, -0.05) is 121 Å². The van der Waals surface area contributed by atoms with Crippen LogP contribution in [-0.4, -0.2) is 9.97 Å². The van der Waals surface area contributed by atoms with E-state index < -0.39 is 0 Å². The number of benzene rings is 13. The maximum absolute atomic E-state index is 6.86. The highest BCUT2D eigenvalue weighted by Crippen LogP contribution is 2.57. The predicted molar refractivity (Wildman–Crippen MR) is 350 cm³/mol. The Morgan fingerprint density at radius 3 is 1.10 bits per heavy atom. The van der Waals surface area contributed by atoms with E-state index >= 15 is 0 Å². The number of pyridine rings is 2. The lowest BCUT2D eigenvalue weighted by molar-refractivity contribution is 0.669. The molecule has 0 radical (unpaired) electrons. The predicted octanol–water partition coefficient (Wildman–Crippen LogP) is 22.4. The van der Waals surface area contributed by atoms with E-state index in [2.05, 4.69) is 228 Å². The third-order valence-corrected chi connectivity index (χ3v) is 19.6. The number of fused-ring (bicyclic) bond motifs is 16. The zero-order valence-corrected chi connectivity index (χ0v) is 46.3. The van der Waals surface area contributed by atoms with Crippen molar-refractivity contribution < 1.29 is 8.83 Å². The van der Waals surface area contributed by atoms with Crippen molar-refractivity contribution in [3.05, 3.63) is 255 Å². The molecule has 0 aliphatic carbocycles. The fourth-order valence-electron chi connectivity index (χ4n) is 13.6. The van der Waals surface area contributed by atoms with Crippen LogP contribution in [0.15, 0.2) is 284 Å². The van der Waals surface area contributed by atoms with E-state index in [4.69, 9.17) is 18.8 Å². The fraction of sp³-hybridized carbons (Fsp3) is 0. The van der Waals surface area contributed by atoms with Gasteiger partial charge >= 0.3 is 0 Å². The monoisotopic (exact) mass is 1110 g/mol. The van der Waals surface area contributed by atoms with Crippen molar-refractivity contribution in [2.75, 3.05) is 9.80 Å². The van der Waals surface area contributed by atoms with Gasteiger partial charge in [-0.2, -0.15) is 0 Å². The first kappa shape index (κ1) is 46.3. The molecule has 0 unspecified atom stereocenters. The summed E-state index contributed by atoms with van der Waals surface area (Å²) in [5.74, 6) is 0. The molecule has 0 fully saturated rings. The fourth-order valence-corrected chi connectivity index (χ4v) is 15.8. The van der Waals surface area contributed by atoms with Crippen LogP contribution in [0.2, 0.25) is 0 Å². The van der Waals surface area contributed by atoms with Gasteiger partial charge in [0.2, 0.25) is 0 Å². The average molecular weight is 1110 g/mol. The van der Waals surface area contributed by atoms with Gasteiger partial charge in [0.15, 0.2) is 0 Å². The normalized spacial score (nSPS) is 13.1. The minimum atomic E-state index is 0.855. The summed E-state index contributed by atoms with van der Waals surface area (Å²) < 4.78 is 13.7. The summed E-state index contributed by atoms with van der Waals surface area (Å²) >= 11 is 3.63. The molecule has 0 amide bonds. The van der Waals surface area contributed by atoms with E-state index in [9.17, 15) is 0 Å². The second-order valence-corrected chi connectivity index (χ2v) is 24.3. The number of aromatic nitrogens is 2. The van der Waals surface area contributed by atoms with Gasteiger partial charge in [-0.05, 0) is 197 Å². The topological polar surface area (TPSA) is 58.5 Å². The van der Waals surface area contributed by atoms with Crippen LogP contribution in [-0.2, 0) is 0 Å². The van der Waals surface area contributed by atoms with E-state index in [1.807, 2.05) is 60.4 Å². The smallest absolute Gasteiger partial charge is 0.137 e. The Morgan fingerprint density at radius 2 is 0.667 bits per heavy atom. The third-order valence-electron chi connectivity index (χ3n) is 17.4. The zero-order chi connectivity index (χ0) is 54.7. The van der Waals surface area contributed by atoms with Gasteiger partial charge in [0.05, 0.1) is 22.7 Å². The molecule has 13 aromatic carbocycles. The van der Waals surface area contributed by atoms with E-state index in [1.165, 1.54) is 51.9 Å². The highest BCUT2D eigenvalue weighted by atomic mass is 32.2. The van der Waals surface area contributed by atoms with E-state index in [0.29, 0.717) is 0 Å². The molecule has 0 bridgehead atoms. The highest BCUT2D eigenvalue weighted by molar-refractivity contribution is 8.00. The van der Waals surface area contributed by atoms with E-state index in [0.717, 1.165) is 133 Å². The van der Waals surface area contributed by atoms with Gasteiger partial charge in [0.1, 0.15) is 22.3 Å². The standard InChI is InChI=1S/C76H42N4O2S2/c1-3-13-45-29-51-33-67-57(31-49(51)27-43(45)11-1)59-37-73-65(39-69(59)81-67)79(63-17-5-7-19-71(63)83-73)53-21-23-55-61(35-53)75(47-15-9-25-77-41-47)56-24-22-54(36-62(56)76(55)48-16-10-26-78-42-48)80-64-18-6-8-20-72(64)84-74-38-60-58-32-50-28-44-12-2-4-14-46(44)30-52(50)34-68(58)82-70(60)40-66(74)80/h1-42H. The van der Waals surface area contributed by atoms with Gasteiger partial charge < -0.3 is 18.6 Å². The Bertz CT molecular complexity index is 5370. The Hall–Kier alpha value is -10.4. The number of hydrogen-bond acceptors (Lipinski definition) is 8. The second-order valence-electron chi connectivity index (χ2n) is 22.1. The molecule has 2 aliphatic rings. The lowest BCUT2D eigenvalue weighted by Gasteiger charge is -2.34. The second kappa shape index (κ2) is 17.6. The molecule has 390 valence electrons. The molecular weight excluding hydrogens is 1060 g/mol.